The first-order chi connectivity index (χ1) is 13.6. The summed E-state index contributed by atoms with van der Waals surface area (Å²) in [6.07, 6.45) is 4.22. The van der Waals surface area contributed by atoms with E-state index >= 15 is 0 Å². The van der Waals surface area contributed by atoms with Gasteiger partial charge in [0.05, 0.1) is 0 Å². The van der Waals surface area contributed by atoms with Crippen molar-refractivity contribution in [2.75, 3.05) is 19.6 Å². The monoisotopic (exact) mass is 377 g/mol. The van der Waals surface area contributed by atoms with Crippen LogP contribution >= 0.6 is 0 Å². The van der Waals surface area contributed by atoms with Gasteiger partial charge in [-0.05, 0) is 36.1 Å². The molecule has 3 rings (SSSR count). The molecule has 0 unspecified atom stereocenters. The normalized spacial score (nSPS) is 15.0. The third-order valence-corrected chi connectivity index (χ3v) is 4.92. The fraction of sp³-hybridized carbons (Fsp3) is 0.304. The molecule has 0 saturated carbocycles. The van der Waals surface area contributed by atoms with Gasteiger partial charge in [-0.15, -0.1) is 0 Å². The van der Waals surface area contributed by atoms with Crippen LogP contribution in [0.1, 0.15) is 23.6 Å². The lowest BCUT2D eigenvalue weighted by atomic mass is 10.00. The van der Waals surface area contributed by atoms with E-state index in [-0.39, 0.29) is 11.8 Å². The maximum Gasteiger partial charge on any atom is 0.244 e. The van der Waals surface area contributed by atoms with Crippen molar-refractivity contribution in [1.29, 1.82) is 0 Å². The van der Waals surface area contributed by atoms with Gasteiger partial charge in [-0.3, -0.25) is 14.5 Å². The van der Waals surface area contributed by atoms with Crippen molar-refractivity contribution in [3.05, 3.63) is 77.4 Å². The van der Waals surface area contributed by atoms with E-state index < -0.39 is 6.04 Å². The second-order valence-electron chi connectivity index (χ2n) is 7.06. The maximum atomic E-state index is 12.2. The number of carbonyl (C=O) groups excluding carboxylic acids is 2. The minimum absolute atomic E-state index is 0.168. The van der Waals surface area contributed by atoms with E-state index in [2.05, 4.69) is 39.8 Å². The summed E-state index contributed by atoms with van der Waals surface area (Å²) < 4.78 is 0. The summed E-state index contributed by atoms with van der Waals surface area (Å²) in [7, 11) is 0. The van der Waals surface area contributed by atoms with Crippen molar-refractivity contribution < 1.29 is 9.59 Å². The third kappa shape index (κ3) is 5.79. The first-order valence-electron chi connectivity index (χ1n) is 9.72. The Balaban J connectivity index is 1.37. The van der Waals surface area contributed by atoms with Gasteiger partial charge < -0.3 is 10.6 Å². The van der Waals surface area contributed by atoms with Gasteiger partial charge in [-0.1, -0.05) is 54.6 Å². The predicted molar refractivity (Wildman–Crippen MR) is 112 cm³/mol. The molecule has 5 nitrogen and oxygen atoms in total. The van der Waals surface area contributed by atoms with Crippen LogP contribution in [0.2, 0.25) is 0 Å². The zero-order valence-electron chi connectivity index (χ0n) is 16.2. The Morgan fingerprint density at radius 2 is 1.79 bits per heavy atom. The highest BCUT2D eigenvalue weighted by molar-refractivity contribution is 5.95. The van der Waals surface area contributed by atoms with E-state index in [9.17, 15) is 9.59 Å². The fourth-order valence-electron chi connectivity index (χ4n) is 3.30. The second-order valence-corrected chi connectivity index (χ2v) is 7.06. The number of amides is 2. The van der Waals surface area contributed by atoms with E-state index in [1.54, 1.807) is 13.0 Å². The molecule has 1 aliphatic rings. The van der Waals surface area contributed by atoms with Gasteiger partial charge in [0, 0.05) is 32.3 Å². The molecule has 0 fully saturated rings. The Labute approximate surface area is 166 Å². The molecule has 146 valence electrons. The number of hydrogen-bond acceptors (Lipinski definition) is 3. The molecule has 0 radical (unpaired) electrons. The molecule has 1 heterocycles. The van der Waals surface area contributed by atoms with Gasteiger partial charge in [0.25, 0.3) is 0 Å². The van der Waals surface area contributed by atoms with E-state index in [4.69, 9.17) is 0 Å². The van der Waals surface area contributed by atoms with Crippen LogP contribution in [0, 0.1) is 0 Å². The molecular formula is C23H27N3O2. The van der Waals surface area contributed by atoms with Crippen LogP contribution in [-0.4, -0.2) is 42.4 Å². The molecule has 0 spiro atoms. The lowest BCUT2D eigenvalue weighted by molar-refractivity contribution is -0.126. The number of fused-ring (bicyclic) bond motifs is 1. The summed E-state index contributed by atoms with van der Waals surface area (Å²) in [5.41, 5.74) is 3.73. The van der Waals surface area contributed by atoms with E-state index in [1.807, 2.05) is 30.3 Å². The number of benzene rings is 2. The summed E-state index contributed by atoms with van der Waals surface area (Å²) in [4.78, 5) is 26.5. The number of carbonyl (C=O) groups is 2. The second kappa shape index (κ2) is 9.85. The van der Waals surface area contributed by atoms with Crippen molar-refractivity contribution in [2.24, 2.45) is 0 Å². The number of nitrogens with one attached hydrogen (secondary N) is 2. The van der Waals surface area contributed by atoms with Gasteiger partial charge in [0.15, 0.2) is 0 Å². The van der Waals surface area contributed by atoms with Crippen LogP contribution < -0.4 is 10.6 Å². The van der Waals surface area contributed by atoms with Crippen LogP contribution in [0.3, 0.4) is 0 Å². The zero-order chi connectivity index (χ0) is 19.8. The quantitative estimate of drug-likeness (QED) is 0.729. The Morgan fingerprint density at radius 1 is 1.07 bits per heavy atom. The molecule has 0 saturated heterocycles. The van der Waals surface area contributed by atoms with Crippen LogP contribution in [0.15, 0.2) is 60.7 Å². The van der Waals surface area contributed by atoms with Crippen LogP contribution in [0.5, 0.6) is 0 Å². The summed E-state index contributed by atoms with van der Waals surface area (Å²) >= 11 is 0. The average molecular weight is 377 g/mol. The molecule has 2 aromatic rings. The van der Waals surface area contributed by atoms with Crippen LogP contribution in [0.25, 0.3) is 6.08 Å². The molecule has 5 heteroatoms. The Bertz CT molecular complexity index is 833. The highest BCUT2D eigenvalue weighted by atomic mass is 16.2. The van der Waals surface area contributed by atoms with Gasteiger partial charge in [-0.2, -0.15) is 0 Å². The standard InChI is InChI=1S/C23H27N3O2/c1-18(25-22(27)12-11-19-7-3-2-4-8-19)23(28)24-14-16-26-15-13-20-9-5-6-10-21(20)17-26/h2-12,18H,13-17H2,1H3,(H,24,28)(H,25,27)/b12-11+/t18-/m1/s1. The molecule has 0 aromatic heterocycles. The molecule has 2 amide bonds. The fourth-order valence-corrected chi connectivity index (χ4v) is 3.30. The largest absolute Gasteiger partial charge is 0.353 e. The minimum atomic E-state index is -0.574. The van der Waals surface area contributed by atoms with Crippen LogP contribution in [-0.2, 0) is 22.6 Å². The molecule has 2 aromatic carbocycles. The summed E-state index contributed by atoms with van der Waals surface area (Å²) in [5, 5.41) is 5.61. The van der Waals surface area contributed by atoms with Crippen molar-refractivity contribution in [3.8, 4) is 0 Å². The van der Waals surface area contributed by atoms with Gasteiger partial charge in [0.1, 0.15) is 6.04 Å². The van der Waals surface area contributed by atoms with Crippen LogP contribution in [0.4, 0.5) is 0 Å². The van der Waals surface area contributed by atoms with Gasteiger partial charge in [0.2, 0.25) is 11.8 Å². The molecule has 0 bridgehead atoms. The Hall–Kier alpha value is -2.92. The lowest BCUT2D eigenvalue weighted by Gasteiger charge is -2.28. The third-order valence-electron chi connectivity index (χ3n) is 4.92. The van der Waals surface area contributed by atoms with E-state index in [1.165, 1.54) is 17.2 Å². The molecule has 1 atom stereocenters. The lowest BCUT2D eigenvalue weighted by Crippen LogP contribution is -2.46. The summed E-state index contributed by atoms with van der Waals surface area (Å²) in [5.74, 6) is -0.446. The molecule has 0 aliphatic carbocycles. The van der Waals surface area contributed by atoms with Crippen molar-refractivity contribution in [1.82, 2.24) is 15.5 Å². The van der Waals surface area contributed by atoms with E-state index in [0.29, 0.717) is 6.54 Å². The Kier molecular flexibility index (Phi) is 6.98. The first kappa shape index (κ1) is 19.8. The maximum absolute atomic E-state index is 12.2. The predicted octanol–water partition coefficient (Wildman–Crippen LogP) is 2.38. The zero-order valence-corrected chi connectivity index (χ0v) is 16.2. The highest BCUT2D eigenvalue weighted by Gasteiger charge is 2.17. The van der Waals surface area contributed by atoms with Crippen molar-refractivity contribution in [2.45, 2.75) is 25.9 Å². The number of rotatable bonds is 7. The van der Waals surface area contributed by atoms with Crippen molar-refractivity contribution >= 4 is 17.9 Å². The van der Waals surface area contributed by atoms with Gasteiger partial charge in [-0.25, -0.2) is 0 Å². The number of nitrogens with zero attached hydrogens (tertiary/aromatic N) is 1. The molecule has 2 N–H and O–H groups in total. The molecular weight excluding hydrogens is 350 g/mol. The topological polar surface area (TPSA) is 61.4 Å². The summed E-state index contributed by atoms with van der Waals surface area (Å²) in [6, 6.07) is 17.5. The molecule has 1 aliphatic heterocycles. The smallest absolute Gasteiger partial charge is 0.244 e. The molecule has 28 heavy (non-hydrogen) atoms. The summed E-state index contributed by atoms with van der Waals surface area (Å²) in [6.45, 7) is 4.99. The minimum Gasteiger partial charge on any atom is -0.353 e. The average Bonchev–Trinajstić information content (AvgIpc) is 2.73. The SMILES string of the molecule is C[C@@H](NC(=O)/C=C/c1ccccc1)C(=O)NCCN1CCc2ccccc2C1. The van der Waals surface area contributed by atoms with E-state index in [0.717, 1.165) is 31.6 Å². The highest BCUT2D eigenvalue weighted by Crippen LogP contribution is 2.17. The van der Waals surface area contributed by atoms with Crippen molar-refractivity contribution in [3.63, 3.8) is 0 Å². The first-order valence-corrected chi connectivity index (χ1v) is 9.72. The number of hydrogen-bond donors (Lipinski definition) is 2. The Morgan fingerprint density at radius 3 is 2.57 bits per heavy atom. The van der Waals surface area contributed by atoms with Gasteiger partial charge >= 0.3 is 0 Å².